The van der Waals surface area contributed by atoms with Crippen molar-refractivity contribution in [1.82, 2.24) is 14.6 Å². The Hall–Kier alpha value is -2.69. The van der Waals surface area contributed by atoms with Crippen LogP contribution >= 0.6 is 0 Å². The molecule has 2 aliphatic carbocycles. The van der Waals surface area contributed by atoms with E-state index in [1.165, 1.54) is 0 Å². The minimum absolute atomic E-state index is 0.154. The Morgan fingerprint density at radius 2 is 2.04 bits per heavy atom. The van der Waals surface area contributed by atoms with E-state index in [-0.39, 0.29) is 11.2 Å². The molecule has 0 aliphatic heterocycles. The highest BCUT2D eigenvalue weighted by Gasteiger charge is 2.43. The SMILES string of the molecule is [CH2]C1(c2nc3c(OC)ccc(-c4ccc5c(c4)CCC5=O)n3n2)CC1. The number of benzene rings is 1. The minimum atomic E-state index is -0.154. The molecule has 2 aromatic heterocycles. The van der Waals surface area contributed by atoms with Crippen molar-refractivity contribution in [2.45, 2.75) is 31.1 Å². The molecule has 0 saturated heterocycles. The van der Waals surface area contributed by atoms with E-state index in [9.17, 15) is 4.79 Å². The van der Waals surface area contributed by atoms with E-state index in [0.29, 0.717) is 17.8 Å². The summed E-state index contributed by atoms with van der Waals surface area (Å²) in [5.41, 5.74) is 4.50. The van der Waals surface area contributed by atoms with Crippen molar-refractivity contribution in [3.63, 3.8) is 0 Å². The first-order chi connectivity index (χ1) is 12.1. The van der Waals surface area contributed by atoms with Crippen LogP contribution in [0.5, 0.6) is 5.75 Å². The number of aryl methyl sites for hydroxylation is 1. The average Bonchev–Trinajstić information content (AvgIpc) is 3.06. The van der Waals surface area contributed by atoms with E-state index >= 15 is 0 Å². The molecule has 25 heavy (non-hydrogen) atoms. The lowest BCUT2D eigenvalue weighted by Gasteiger charge is -2.09. The molecule has 1 aromatic carbocycles. The van der Waals surface area contributed by atoms with Crippen LogP contribution in [-0.4, -0.2) is 27.5 Å². The fourth-order valence-electron chi connectivity index (χ4n) is 3.53. The first-order valence-electron chi connectivity index (χ1n) is 8.55. The Balaban J connectivity index is 1.71. The molecule has 125 valence electrons. The Morgan fingerprint density at radius 3 is 2.80 bits per heavy atom. The number of Topliss-reactive ketones (excluding diaryl/α,β-unsaturated/α-hetero) is 1. The van der Waals surface area contributed by atoms with Gasteiger partial charge >= 0.3 is 0 Å². The molecule has 1 radical (unpaired) electrons. The summed E-state index contributed by atoms with van der Waals surface area (Å²) in [7, 11) is 1.64. The Kier molecular flexibility index (Phi) is 2.87. The fourth-order valence-corrected chi connectivity index (χ4v) is 3.53. The van der Waals surface area contributed by atoms with Gasteiger partial charge in [0.1, 0.15) is 0 Å². The van der Waals surface area contributed by atoms with Gasteiger partial charge in [0.25, 0.3) is 0 Å². The van der Waals surface area contributed by atoms with Crippen molar-refractivity contribution in [1.29, 1.82) is 0 Å². The zero-order valence-electron chi connectivity index (χ0n) is 14.1. The number of carbonyl (C=O) groups is 1. The third-order valence-electron chi connectivity index (χ3n) is 5.32. The highest BCUT2D eigenvalue weighted by Crippen LogP contribution is 2.46. The maximum absolute atomic E-state index is 11.9. The molecule has 0 bridgehead atoms. The maximum Gasteiger partial charge on any atom is 0.198 e. The van der Waals surface area contributed by atoms with Gasteiger partial charge in [0, 0.05) is 23.0 Å². The molecule has 3 aromatic rings. The highest BCUT2D eigenvalue weighted by molar-refractivity contribution is 6.00. The second-order valence-electron chi connectivity index (χ2n) is 7.03. The van der Waals surface area contributed by atoms with E-state index in [1.54, 1.807) is 7.11 Å². The first-order valence-corrected chi connectivity index (χ1v) is 8.55. The van der Waals surface area contributed by atoms with E-state index in [1.807, 2.05) is 28.8 Å². The van der Waals surface area contributed by atoms with Crippen LogP contribution in [0.3, 0.4) is 0 Å². The summed E-state index contributed by atoms with van der Waals surface area (Å²) in [6.45, 7) is 4.24. The molecule has 5 heteroatoms. The quantitative estimate of drug-likeness (QED) is 0.737. The predicted octanol–water partition coefficient (Wildman–Crippen LogP) is 3.40. The lowest BCUT2D eigenvalue weighted by Crippen LogP contribution is -2.03. The second kappa shape index (κ2) is 4.91. The van der Waals surface area contributed by atoms with E-state index in [4.69, 9.17) is 14.8 Å². The molecule has 0 unspecified atom stereocenters. The van der Waals surface area contributed by atoms with Gasteiger partial charge in [0.15, 0.2) is 23.0 Å². The summed E-state index contributed by atoms with van der Waals surface area (Å²) in [6.07, 6.45) is 3.45. The van der Waals surface area contributed by atoms with Gasteiger partial charge in [-0.05, 0) is 49.9 Å². The van der Waals surface area contributed by atoms with Crippen LogP contribution in [0, 0.1) is 6.92 Å². The number of pyridine rings is 1. The molecule has 0 atom stereocenters. The van der Waals surface area contributed by atoms with Crippen molar-refractivity contribution in [3.8, 4) is 17.0 Å². The molecule has 1 saturated carbocycles. The first kappa shape index (κ1) is 14.6. The standard InChI is InChI=1S/C20H18N3O2/c1-20(9-10-20)19-21-18-17(25-2)8-6-15(23(18)22-19)13-3-5-14-12(11-13)4-7-16(14)24/h3,5-6,8,11H,1,4,7,9-10H2,2H3. The van der Waals surface area contributed by atoms with Gasteiger partial charge in [-0.2, -0.15) is 0 Å². The predicted molar refractivity (Wildman–Crippen MR) is 93.9 cm³/mol. The third kappa shape index (κ3) is 2.11. The molecule has 2 aliphatic rings. The van der Waals surface area contributed by atoms with Gasteiger partial charge < -0.3 is 4.74 Å². The zero-order chi connectivity index (χ0) is 17.2. The maximum atomic E-state index is 11.9. The third-order valence-corrected chi connectivity index (χ3v) is 5.32. The molecule has 5 nitrogen and oxygen atoms in total. The number of ketones is 1. The lowest BCUT2D eigenvalue weighted by molar-refractivity contribution is 0.0994. The molecular formula is C20H18N3O2. The number of fused-ring (bicyclic) bond motifs is 2. The number of hydrogen-bond donors (Lipinski definition) is 0. The number of aromatic nitrogens is 3. The second-order valence-corrected chi connectivity index (χ2v) is 7.03. The Labute approximate surface area is 145 Å². The number of nitrogens with zero attached hydrogens (tertiary/aromatic N) is 3. The number of carbonyl (C=O) groups excluding carboxylic acids is 1. The van der Waals surface area contributed by atoms with E-state index < -0.39 is 0 Å². The van der Waals surface area contributed by atoms with E-state index in [0.717, 1.165) is 47.5 Å². The number of hydrogen-bond acceptors (Lipinski definition) is 4. The van der Waals surface area contributed by atoms with Crippen molar-refractivity contribution in [3.05, 3.63) is 54.2 Å². The van der Waals surface area contributed by atoms with Crippen molar-refractivity contribution >= 4 is 11.4 Å². The average molecular weight is 332 g/mol. The van der Waals surface area contributed by atoms with Crippen LogP contribution < -0.4 is 4.74 Å². The minimum Gasteiger partial charge on any atom is -0.493 e. The van der Waals surface area contributed by atoms with Crippen LogP contribution in [0.1, 0.15) is 41.0 Å². The van der Waals surface area contributed by atoms with Gasteiger partial charge in [0.05, 0.1) is 12.8 Å². The van der Waals surface area contributed by atoms with Gasteiger partial charge in [-0.25, -0.2) is 9.50 Å². The van der Waals surface area contributed by atoms with Crippen molar-refractivity contribution < 1.29 is 9.53 Å². The normalized spacial score (nSPS) is 17.8. The monoisotopic (exact) mass is 332 g/mol. The van der Waals surface area contributed by atoms with Crippen molar-refractivity contribution in [2.75, 3.05) is 7.11 Å². The highest BCUT2D eigenvalue weighted by atomic mass is 16.5. The van der Waals surface area contributed by atoms with Crippen LogP contribution in [0.4, 0.5) is 0 Å². The van der Waals surface area contributed by atoms with Crippen molar-refractivity contribution in [2.24, 2.45) is 0 Å². The number of rotatable bonds is 3. The molecule has 2 heterocycles. The molecule has 0 N–H and O–H groups in total. The van der Waals surface area contributed by atoms with Crippen LogP contribution in [0.2, 0.25) is 0 Å². The van der Waals surface area contributed by atoms with Crippen LogP contribution in [-0.2, 0) is 11.8 Å². The summed E-state index contributed by atoms with van der Waals surface area (Å²) < 4.78 is 7.31. The molecule has 1 fully saturated rings. The lowest BCUT2D eigenvalue weighted by atomic mass is 10.0. The number of methoxy groups -OCH3 is 1. The smallest absolute Gasteiger partial charge is 0.198 e. The van der Waals surface area contributed by atoms with Crippen LogP contribution in [0.25, 0.3) is 16.9 Å². The number of ether oxygens (including phenoxy) is 1. The molecule has 0 spiro atoms. The molecule has 5 rings (SSSR count). The summed E-state index contributed by atoms with van der Waals surface area (Å²) >= 11 is 0. The summed E-state index contributed by atoms with van der Waals surface area (Å²) in [4.78, 5) is 16.6. The molecule has 0 amide bonds. The summed E-state index contributed by atoms with van der Waals surface area (Å²) in [5.74, 6) is 1.70. The van der Waals surface area contributed by atoms with Gasteiger partial charge in [-0.15, -0.1) is 5.10 Å². The zero-order valence-corrected chi connectivity index (χ0v) is 14.1. The summed E-state index contributed by atoms with van der Waals surface area (Å²) in [6, 6.07) is 9.93. The molecular weight excluding hydrogens is 314 g/mol. The topological polar surface area (TPSA) is 56.5 Å². The van der Waals surface area contributed by atoms with Gasteiger partial charge in [0.2, 0.25) is 0 Å². The summed E-state index contributed by atoms with van der Waals surface area (Å²) in [5, 5.41) is 4.74. The van der Waals surface area contributed by atoms with Crippen LogP contribution in [0.15, 0.2) is 30.3 Å². The largest absolute Gasteiger partial charge is 0.493 e. The Bertz CT molecular complexity index is 1030. The van der Waals surface area contributed by atoms with Gasteiger partial charge in [-0.1, -0.05) is 12.1 Å². The van der Waals surface area contributed by atoms with E-state index in [2.05, 4.69) is 13.0 Å². The van der Waals surface area contributed by atoms with Gasteiger partial charge in [-0.3, -0.25) is 4.79 Å². The Morgan fingerprint density at radius 1 is 1.20 bits per heavy atom. The fraction of sp³-hybridized carbons (Fsp3) is 0.300.